The van der Waals surface area contributed by atoms with E-state index in [2.05, 4.69) is 9.68 Å². The van der Waals surface area contributed by atoms with Gasteiger partial charge < -0.3 is 14.2 Å². The first-order valence-corrected chi connectivity index (χ1v) is 8.94. The molecule has 1 atom stereocenters. The summed E-state index contributed by atoms with van der Waals surface area (Å²) in [5.74, 6) is -2.09. The summed E-state index contributed by atoms with van der Waals surface area (Å²) in [6, 6.07) is 5.91. The minimum Gasteiger partial charge on any atom is -0.428 e. The first-order chi connectivity index (χ1) is 14.7. The van der Waals surface area contributed by atoms with Gasteiger partial charge in [0.2, 0.25) is 6.79 Å². The van der Waals surface area contributed by atoms with E-state index in [1.54, 1.807) is 12.1 Å². The highest BCUT2D eigenvalue weighted by Crippen LogP contribution is 2.19. The van der Waals surface area contributed by atoms with Gasteiger partial charge in [-0.1, -0.05) is 18.6 Å². The molecule has 4 N–H and O–H groups in total. The third-order valence-electron chi connectivity index (χ3n) is 3.55. The lowest BCUT2D eigenvalue weighted by Gasteiger charge is -2.18. The summed E-state index contributed by atoms with van der Waals surface area (Å²) in [4.78, 5) is 43.7. The number of carbonyl (C=O) groups is 3. The molecule has 174 valence electrons. The predicted octanol–water partition coefficient (Wildman–Crippen LogP) is 1.22. The molecule has 0 aliphatic heterocycles. The van der Waals surface area contributed by atoms with Crippen molar-refractivity contribution in [2.24, 2.45) is 0 Å². The summed E-state index contributed by atoms with van der Waals surface area (Å²) < 4.78 is 14.5. The normalized spacial score (nSPS) is 12.0. The van der Waals surface area contributed by atoms with Crippen LogP contribution in [0.15, 0.2) is 24.3 Å². The van der Waals surface area contributed by atoms with Crippen LogP contribution in [0.1, 0.15) is 43.0 Å². The van der Waals surface area contributed by atoms with E-state index < -0.39 is 48.2 Å². The summed E-state index contributed by atoms with van der Waals surface area (Å²) >= 11 is 0. The lowest BCUT2D eigenvalue weighted by molar-refractivity contribution is -0.527. The van der Waals surface area contributed by atoms with Gasteiger partial charge in [-0.3, -0.25) is 30.4 Å². The highest BCUT2D eigenvalue weighted by Gasteiger charge is 2.17. The summed E-state index contributed by atoms with van der Waals surface area (Å²) in [7, 11) is 0. The zero-order chi connectivity index (χ0) is 23.2. The lowest BCUT2D eigenvalue weighted by Crippen LogP contribution is -2.31. The Balaban J connectivity index is 2.31. The third-order valence-corrected chi connectivity index (χ3v) is 3.55. The summed E-state index contributed by atoms with van der Waals surface area (Å²) in [6.07, 6.45) is -0.167. The van der Waals surface area contributed by atoms with Crippen LogP contribution in [-0.2, 0) is 28.7 Å². The van der Waals surface area contributed by atoms with Crippen LogP contribution in [0.2, 0.25) is 0 Å². The summed E-state index contributed by atoms with van der Waals surface area (Å²) in [5, 5.41) is 33.2. The van der Waals surface area contributed by atoms with Crippen molar-refractivity contribution < 1.29 is 59.1 Å². The molecule has 14 heteroatoms. The highest BCUT2D eigenvalue weighted by molar-refractivity contribution is 5.93. The molecule has 0 spiro atoms. The van der Waals surface area contributed by atoms with Crippen molar-refractivity contribution in [3.8, 4) is 5.75 Å². The van der Waals surface area contributed by atoms with Gasteiger partial charge in [-0.2, -0.15) is 0 Å². The quantitative estimate of drug-likeness (QED) is 0.105. The van der Waals surface area contributed by atoms with Crippen LogP contribution >= 0.6 is 0 Å². The molecule has 1 unspecified atom stereocenters. The Bertz CT molecular complexity index is 712. The van der Waals surface area contributed by atoms with Gasteiger partial charge in [-0.15, -0.1) is 0 Å². The average Bonchev–Trinajstić information content (AvgIpc) is 2.68. The number of para-hydroxylation sites is 1. The van der Waals surface area contributed by atoms with Crippen LogP contribution < -0.4 is 4.74 Å². The minimum atomic E-state index is -0.953. The van der Waals surface area contributed by atoms with Crippen molar-refractivity contribution in [1.29, 1.82) is 0 Å². The minimum absolute atomic E-state index is 0.00635. The van der Waals surface area contributed by atoms with Gasteiger partial charge in [-0.05, 0) is 25.0 Å². The first kappa shape index (κ1) is 26.3. The Morgan fingerprint density at radius 3 is 2.35 bits per heavy atom. The van der Waals surface area contributed by atoms with Crippen molar-refractivity contribution in [1.82, 2.24) is 10.8 Å². The number of hydrogen-bond donors (Lipinski definition) is 4. The van der Waals surface area contributed by atoms with Gasteiger partial charge in [0.25, 0.3) is 0 Å². The van der Waals surface area contributed by atoms with Gasteiger partial charge in [0.15, 0.2) is 0 Å². The van der Waals surface area contributed by atoms with E-state index in [0.29, 0.717) is 12.8 Å². The molecule has 0 saturated carbocycles. The predicted molar refractivity (Wildman–Crippen MR) is 94.2 cm³/mol. The van der Waals surface area contributed by atoms with Crippen LogP contribution in [0.3, 0.4) is 0 Å². The van der Waals surface area contributed by atoms with E-state index in [1.807, 2.05) is 0 Å². The average molecular weight is 448 g/mol. The second-order valence-electron chi connectivity index (χ2n) is 5.93. The van der Waals surface area contributed by atoms with Crippen LogP contribution in [-0.4, -0.2) is 69.0 Å². The van der Waals surface area contributed by atoms with Crippen LogP contribution in [0.5, 0.6) is 5.75 Å². The van der Waals surface area contributed by atoms with Crippen molar-refractivity contribution in [2.75, 3.05) is 13.4 Å². The molecule has 0 aliphatic carbocycles. The molecule has 0 radical (unpaired) electrons. The lowest BCUT2D eigenvalue weighted by atomic mass is 10.1. The number of carbonyl (C=O) groups excluding carboxylic acids is 3. The van der Waals surface area contributed by atoms with E-state index in [1.165, 1.54) is 19.1 Å². The smallest absolute Gasteiger partial charge is 0.344 e. The van der Waals surface area contributed by atoms with Crippen molar-refractivity contribution >= 4 is 17.9 Å². The Labute approximate surface area is 176 Å². The number of hydrogen-bond acceptors (Lipinski definition) is 14. The number of esters is 3. The topological polar surface area (TPSA) is 185 Å². The largest absolute Gasteiger partial charge is 0.428 e. The zero-order valence-electron chi connectivity index (χ0n) is 16.6. The molecule has 0 amide bonds. The fraction of sp³-hybridized carbons (Fsp3) is 0.471. The zero-order valence-corrected chi connectivity index (χ0v) is 16.6. The molecule has 0 aliphatic rings. The molecular formula is C17H24N2O12. The Hall–Kier alpha value is -2.69. The van der Waals surface area contributed by atoms with E-state index in [9.17, 15) is 14.4 Å². The fourth-order valence-electron chi connectivity index (χ4n) is 2.27. The second-order valence-corrected chi connectivity index (χ2v) is 5.93. The van der Waals surface area contributed by atoms with Crippen molar-refractivity contribution in [3.05, 3.63) is 29.8 Å². The van der Waals surface area contributed by atoms with E-state index in [-0.39, 0.29) is 24.2 Å². The summed E-state index contributed by atoms with van der Waals surface area (Å²) in [5.41, 5.74) is -0.00635. The Morgan fingerprint density at radius 1 is 1.00 bits per heavy atom. The standard InChI is InChI=1S/C17H24N2O12/c1-12(20)30-15-8-4-3-7-14(15)17(22)28-11-27-16(21)9-5-2-6-13(31-19(25)26)10-29-18(23)24/h3-4,7-8,13,23-26H,2,5-6,9-11H2,1H3. The number of benzene rings is 1. The van der Waals surface area contributed by atoms with E-state index >= 15 is 0 Å². The van der Waals surface area contributed by atoms with Gasteiger partial charge >= 0.3 is 17.9 Å². The molecule has 0 heterocycles. The Morgan fingerprint density at radius 2 is 1.71 bits per heavy atom. The monoisotopic (exact) mass is 448 g/mol. The third kappa shape index (κ3) is 11.9. The molecule has 1 aromatic carbocycles. The van der Waals surface area contributed by atoms with Crippen LogP contribution in [0.25, 0.3) is 0 Å². The number of nitrogens with zero attached hydrogens (tertiary/aromatic N) is 2. The molecular weight excluding hydrogens is 424 g/mol. The highest BCUT2D eigenvalue weighted by atomic mass is 17.1. The molecule has 14 nitrogen and oxygen atoms in total. The van der Waals surface area contributed by atoms with Gasteiger partial charge in [0, 0.05) is 13.3 Å². The molecule has 31 heavy (non-hydrogen) atoms. The molecule has 1 rings (SSSR count). The molecule has 0 bridgehead atoms. The molecule has 0 saturated heterocycles. The van der Waals surface area contributed by atoms with Gasteiger partial charge in [-0.25, -0.2) is 14.5 Å². The number of rotatable bonds is 14. The first-order valence-electron chi connectivity index (χ1n) is 8.94. The molecule has 0 fully saturated rings. The molecule has 0 aromatic heterocycles. The second kappa shape index (κ2) is 14.3. The maximum atomic E-state index is 12.0. The van der Waals surface area contributed by atoms with E-state index in [4.69, 9.17) is 35.0 Å². The summed E-state index contributed by atoms with van der Waals surface area (Å²) in [6.45, 7) is 0.126. The SMILES string of the molecule is CC(=O)Oc1ccccc1C(=O)OCOC(=O)CCCCC(CON(O)O)ON(O)O. The number of unbranched alkanes of at least 4 members (excludes halogenated alkanes) is 1. The maximum absolute atomic E-state index is 12.0. The Kier molecular flexibility index (Phi) is 12.2. The molecule has 1 aromatic rings. The van der Waals surface area contributed by atoms with Gasteiger partial charge in [0.05, 0.1) is 10.8 Å². The van der Waals surface area contributed by atoms with E-state index in [0.717, 1.165) is 0 Å². The van der Waals surface area contributed by atoms with Gasteiger partial charge in [0.1, 0.15) is 24.0 Å². The van der Waals surface area contributed by atoms with Crippen LogP contribution in [0.4, 0.5) is 0 Å². The number of ether oxygens (including phenoxy) is 3. The fourth-order valence-corrected chi connectivity index (χ4v) is 2.27. The van der Waals surface area contributed by atoms with Crippen molar-refractivity contribution in [3.63, 3.8) is 0 Å². The maximum Gasteiger partial charge on any atom is 0.344 e. The van der Waals surface area contributed by atoms with Crippen LogP contribution in [0, 0.1) is 0 Å². The van der Waals surface area contributed by atoms with Crippen molar-refractivity contribution in [2.45, 2.75) is 38.7 Å².